The number of carbonyl (C=O) groups excluding carboxylic acids is 1. The number of rotatable bonds is 5. The lowest BCUT2D eigenvalue weighted by Gasteiger charge is -2.36. The highest BCUT2D eigenvalue weighted by atomic mass is 19.4. The molecule has 3 heterocycles. The van der Waals surface area contributed by atoms with Crippen molar-refractivity contribution in [1.29, 1.82) is 0 Å². The molecule has 2 aromatic carbocycles. The van der Waals surface area contributed by atoms with E-state index in [-0.39, 0.29) is 18.5 Å². The van der Waals surface area contributed by atoms with Gasteiger partial charge in [-0.3, -0.25) is 9.69 Å². The molecule has 0 bridgehead atoms. The quantitative estimate of drug-likeness (QED) is 0.493. The Bertz CT molecular complexity index is 1230. The van der Waals surface area contributed by atoms with Crippen molar-refractivity contribution in [2.24, 2.45) is 5.10 Å². The Hall–Kier alpha value is -3.59. The molecule has 0 radical (unpaired) electrons. The molecule has 188 valence electrons. The van der Waals surface area contributed by atoms with Crippen LogP contribution in [0.3, 0.4) is 0 Å². The zero-order valence-electron chi connectivity index (χ0n) is 19.9. The maximum absolute atomic E-state index is 13.4. The van der Waals surface area contributed by atoms with E-state index in [4.69, 9.17) is 4.42 Å². The minimum Gasteiger partial charge on any atom is -0.467 e. The molecule has 3 aromatic rings. The molecule has 0 spiro atoms. The number of hydrazone groups is 1. The van der Waals surface area contributed by atoms with Crippen LogP contribution in [0.25, 0.3) is 0 Å². The smallest absolute Gasteiger partial charge is 0.416 e. The summed E-state index contributed by atoms with van der Waals surface area (Å²) in [5, 5.41) is 6.20. The summed E-state index contributed by atoms with van der Waals surface area (Å²) in [6.45, 7) is 4.40. The molecule has 5 rings (SSSR count). The molecule has 1 amide bonds. The standard InChI is InChI=1S/C27H27F3N4O2/c1-19-7-9-20(10-8-19)23-17-24(25-6-3-15-36-25)34(31-23)26(35)18-32-11-13-33(14-12-32)22-5-2-4-21(16-22)27(28,29)30/h2-10,15-16,24H,11-14,17-18H2,1H3/t24-/m0/s1. The van der Waals surface area contributed by atoms with Crippen LogP contribution in [-0.2, 0) is 11.0 Å². The summed E-state index contributed by atoms with van der Waals surface area (Å²) < 4.78 is 44.9. The number of alkyl halides is 3. The molecule has 0 N–H and O–H groups in total. The third kappa shape index (κ3) is 5.16. The molecule has 6 nitrogen and oxygen atoms in total. The number of benzene rings is 2. The van der Waals surface area contributed by atoms with E-state index in [2.05, 4.69) is 5.10 Å². The molecule has 0 aliphatic carbocycles. The van der Waals surface area contributed by atoms with Crippen molar-refractivity contribution in [2.75, 3.05) is 37.6 Å². The first-order chi connectivity index (χ1) is 17.3. The Morgan fingerprint density at radius 2 is 1.78 bits per heavy atom. The van der Waals surface area contributed by atoms with Gasteiger partial charge in [0.25, 0.3) is 5.91 Å². The van der Waals surface area contributed by atoms with Crippen molar-refractivity contribution in [3.8, 4) is 0 Å². The van der Waals surface area contributed by atoms with E-state index < -0.39 is 11.7 Å². The fourth-order valence-corrected chi connectivity index (χ4v) is 4.67. The van der Waals surface area contributed by atoms with Crippen LogP contribution in [0.5, 0.6) is 0 Å². The second kappa shape index (κ2) is 9.81. The maximum atomic E-state index is 13.4. The highest BCUT2D eigenvalue weighted by Gasteiger charge is 2.36. The second-order valence-corrected chi connectivity index (χ2v) is 9.20. The van der Waals surface area contributed by atoms with Crippen molar-refractivity contribution >= 4 is 17.3 Å². The summed E-state index contributed by atoms with van der Waals surface area (Å²) in [5.74, 6) is 0.551. The van der Waals surface area contributed by atoms with E-state index >= 15 is 0 Å². The number of halogens is 3. The van der Waals surface area contributed by atoms with E-state index in [1.807, 2.05) is 47.1 Å². The SMILES string of the molecule is Cc1ccc(C2=NN(C(=O)CN3CCN(c4cccc(C(F)(F)F)c4)CC3)[C@H](c3ccco3)C2)cc1. The Morgan fingerprint density at radius 1 is 1.03 bits per heavy atom. The van der Waals surface area contributed by atoms with Crippen LogP contribution in [0.2, 0.25) is 0 Å². The minimum absolute atomic E-state index is 0.133. The summed E-state index contributed by atoms with van der Waals surface area (Å²) in [5.41, 5.74) is 2.84. The van der Waals surface area contributed by atoms with E-state index in [1.165, 1.54) is 17.1 Å². The van der Waals surface area contributed by atoms with Crippen molar-refractivity contribution in [1.82, 2.24) is 9.91 Å². The van der Waals surface area contributed by atoms with Crippen LogP contribution in [0.15, 0.2) is 76.4 Å². The van der Waals surface area contributed by atoms with Crippen LogP contribution in [0.4, 0.5) is 18.9 Å². The Kier molecular flexibility index (Phi) is 6.57. The average molecular weight is 497 g/mol. The Labute approximate surface area is 207 Å². The maximum Gasteiger partial charge on any atom is 0.416 e. The minimum atomic E-state index is -4.37. The van der Waals surface area contributed by atoms with Gasteiger partial charge in [-0.1, -0.05) is 35.9 Å². The van der Waals surface area contributed by atoms with Gasteiger partial charge in [0.1, 0.15) is 11.8 Å². The van der Waals surface area contributed by atoms with Crippen molar-refractivity contribution < 1.29 is 22.4 Å². The van der Waals surface area contributed by atoms with Gasteiger partial charge in [-0.2, -0.15) is 18.3 Å². The van der Waals surface area contributed by atoms with Crippen LogP contribution >= 0.6 is 0 Å². The van der Waals surface area contributed by atoms with E-state index in [0.717, 1.165) is 22.9 Å². The largest absolute Gasteiger partial charge is 0.467 e. The lowest BCUT2D eigenvalue weighted by Crippen LogP contribution is -2.49. The number of anilines is 1. The van der Waals surface area contributed by atoms with Gasteiger partial charge in [-0.05, 0) is 42.8 Å². The number of carbonyl (C=O) groups is 1. The third-order valence-electron chi connectivity index (χ3n) is 6.69. The van der Waals surface area contributed by atoms with Gasteiger partial charge in [0, 0.05) is 38.3 Å². The van der Waals surface area contributed by atoms with E-state index in [1.54, 1.807) is 18.4 Å². The zero-order valence-corrected chi connectivity index (χ0v) is 19.9. The van der Waals surface area contributed by atoms with Crippen LogP contribution in [-0.4, -0.2) is 54.3 Å². The third-order valence-corrected chi connectivity index (χ3v) is 6.69. The molecule has 1 atom stereocenters. The number of amides is 1. The van der Waals surface area contributed by atoms with Gasteiger partial charge >= 0.3 is 6.18 Å². The van der Waals surface area contributed by atoms with Gasteiger partial charge in [-0.15, -0.1) is 0 Å². The van der Waals surface area contributed by atoms with Crippen LogP contribution in [0.1, 0.15) is 34.9 Å². The van der Waals surface area contributed by atoms with E-state index in [9.17, 15) is 18.0 Å². The fourth-order valence-electron chi connectivity index (χ4n) is 4.67. The Morgan fingerprint density at radius 3 is 2.44 bits per heavy atom. The molecule has 9 heteroatoms. The van der Waals surface area contributed by atoms with Crippen LogP contribution in [0, 0.1) is 6.92 Å². The number of hydrogen-bond acceptors (Lipinski definition) is 5. The number of nitrogens with zero attached hydrogens (tertiary/aromatic N) is 4. The van der Waals surface area contributed by atoms with Crippen molar-refractivity contribution in [3.05, 3.63) is 89.4 Å². The van der Waals surface area contributed by atoms with Gasteiger partial charge in [-0.25, -0.2) is 5.01 Å². The summed E-state index contributed by atoms with van der Waals surface area (Å²) in [7, 11) is 0. The predicted octanol–water partition coefficient (Wildman–Crippen LogP) is 5.11. The lowest BCUT2D eigenvalue weighted by molar-refractivity contribution is -0.137. The molecule has 1 aromatic heterocycles. The predicted molar refractivity (Wildman–Crippen MR) is 131 cm³/mol. The number of piperazine rings is 1. The van der Waals surface area contributed by atoms with Gasteiger partial charge in [0.05, 0.1) is 24.1 Å². The summed E-state index contributed by atoms with van der Waals surface area (Å²) in [4.78, 5) is 17.3. The molecule has 0 unspecified atom stereocenters. The molecule has 2 aliphatic rings. The number of aryl methyl sites for hydroxylation is 1. The van der Waals surface area contributed by atoms with E-state index in [0.29, 0.717) is 44.0 Å². The molecular formula is C27H27F3N4O2. The molecular weight excluding hydrogens is 469 g/mol. The molecule has 36 heavy (non-hydrogen) atoms. The first-order valence-corrected chi connectivity index (χ1v) is 11.9. The molecule has 1 saturated heterocycles. The summed E-state index contributed by atoms with van der Waals surface area (Å²) in [6, 6.07) is 16.8. The highest BCUT2D eigenvalue weighted by molar-refractivity contribution is 6.03. The average Bonchev–Trinajstić information content (AvgIpc) is 3.55. The molecule has 1 fully saturated rings. The van der Waals surface area contributed by atoms with Crippen molar-refractivity contribution in [2.45, 2.75) is 25.6 Å². The van der Waals surface area contributed by atoms with Gasteiger partial charge < -0.3 is 9.32 Å². The highest BCUT2D eigenvalue weighted by Crippen LogP contribution is 2.34. The lowest BCUT2D eigenvalue weighted by atomic mass is 10.0. The summed E-state index contributed by atoms with van der Waals surface area (Å²) >= 11 is 0. The summed E-state index contributed by atoms with van der Waals surface area (Å²) in [6.07, 6.45) is -2.22. The monoisotopic (exact) mass is 496 g/mol. The first-order valence-electron chi connectivity index (χ1n) is 11.9. The normalized spacial score (nSPS) is 19.0. The number of furan rings is 1. The first kappa shape index (κ1) is 24.1. The second-order valence-electron chi connectivity index (χ2n) is 9.20. The topological polar surface area (TPSA) is 52.3 Å². The zero-order chi connectivity index (χ0) is 25.3. The Balaban J connectivity index is 1.25. The molecule has 0 saturated carbocycles. The van der Waals surface area contributed by atoms with Gasteiger partial charge in [0.15, 0.2) is 0 Å². The molecule has 2 aliphatic heterocycles. The van der Waals surface area contributed by atoms with Gasteiger partial charge in [0.2, 0.25) is 0 Å². The number of hydrogen-bond donors (Lipinski definition) is 0. The van der Waals surface area contributed by atoms with Crippen LogP contribution < -0.4 is 4.90 Å². The fraction of sp³-hybridized carbons (Fsp3) is 0.333. The van der Waals surface area contributed by atoms with Crippen molar-refractivity contribution in [3.63, 3.8) is 0 Å².